The summed E-state index contributed by atoms with van der Waals surface area (Å²) in [5, 5.41) is 15.3. The van der Waals surface area contributed by atoms with Crippen LogP contribution in [0.2, 0.25) is 0 Å². The zero-order chi connectivity index (χ0) is 37.4. The molecular weight excluding hydrogens is 660 g/mol. The van der Waals surface area contributed by atoms with E-state index in [0.717, 1.165) is 56.3 Å². The topological polar surface area (TPSA) is 136 Å². The number of ether oxygens (including phenoxy) is 2. The van der Waals surface area contributed by atoms with Crippen molar-refractivity contribution in [3.05, 3.63) is 93.6 Å². The maximum atomic E-state index is 13.7. The number of Topliss-reactive ketones (excluding diaryl/α,β-unsaturated/α-hetero) is 1. The highest BCUT2D eigenvalue weighted by molar-refractivity contribution is 5.95. The molecule has 0 unspecified atom stereocenters. The molecule has 13 heteroatoms. The number of carbonyl (C=O) groups excluding carboxylic acids is 3. The van der Waals surface area contributed by atoms with Gasteiger partial charge in [0, 0.05) is 62.8 Å². The first-order valence-corrected chi connectivity index (χ1v) is 17.6. The van der Waals surface area contributed by atoms with E-state index in [1.807, 2.05) is 99.7 Å². The minimum atomic E-state index is -0.902. The number of aryl methyl sites for hydroxylation is 4. The molecule has 4 heterocycles. The van der Waals surface area contributed by atoms with Gasteiger partial charge >= 0.3 is 12.1 Å². The third-order valence-electron chi connectivity index (χ3n) is 10.5. The van der Waals surface area contributed by atoms with Gasteiger partial charge in [-0.1, -0.05) is 12.1 Å². The number of benzene rings is 2. The molecule has 0 aliphatic carbocycles. The van der Waals surface area contributed by atoms with Crippen molar-refractivity contribution in [3.8, 4) is 11.5 Å². The molecule has 0 saturated carbocycles. The van der Waals surface area contributed by atoms with E-state index in [1.165, 1.54) is 0 Å². The Bertz CT molecular complexity index is 1810. The largest absolute Gasteiger partial charge is 0.496 e. The van der Waals surface area contributed by atoms with Crippen molar-refractivity contribution in [1.82, 2.24) is 40.0 Å². The second kappa shape index (κ2) is 14.4. The Morgan fingerprint density at radius 2 is 1.08 bits per heavy atom. The molecule has 0 radical (unpaired) electrons. The second-order valence-electron chi connectivity index (χ2n) is 15.0. The van der Waals surface area contributed by atoms with E-state index < -0.39 is 10.8 Å². The van der Waals surface area contributed by atoms with Crippen LogP contribution in [0.15, 0.2) is 48.8 Å². The Morgan fingerprint density at radius 3 is 1.40 bits per heavy atom. The fraction of sp³-hybridized carbons (Fsp3) is 0.462. The van der Waals surface area contributed by atoms with Gasteiger partial charge in [-0.05, 0) is 88.1 Å². The average Bonchev–Trinajstić information content (AvgIpc) is 3.60. The van der Waals surface area contributed by atoms with Gasteiger partial charge in [0.1, 0.15) is 11.5 Å². The van der Waals surface area contributed by atoms with Gasteiger partial charge in [-0.2, -0.15) is 10.2 Å². The normalized spacial score (nSPS) is 19.8. The molecule has 2 aliphatic rings. The van der Waals surface area contributed by atoms with Crippen LogP contribution in [0.5, 0.6) is 11.5 Å². The number of methoxy groups -OCH3 is 2. The Balaban J connectivity index is 1.07. The number of aromatic nitrogens is 4. The number of likely N-dealkylation sites (tertiary alicyclic amines) is 2. The second-order valence-corrected chi connectivity index (χ2v) is 15.0. The molecule has 4 aromatic rings. The Kier molecular flexibility index (Phi) is 10.1. The molecule has 2 fully saturated rings. The average molecular weight is 711 g/mol. The fourth-order valence-corrected chi connectivity index (χ4v) is 7.66. The minimum absolute atomic E-state index is 0.0842. The van der Waals surface area contributed by atoms with Gasteiger partial charge in [0.05, 0.1) is 49.5 Å². The van der Waals surface area contributed by atoms with E-state index in [2.05, 4.69) is 20.8 Å². The summed E-state index contributed by atoms with van der Waals surface area (Å²) in [5.74, 6) is 1.59. The minimum Gasteiger partial charge on any atom is -0.496 e. The molecule has 2 saturated heterocycles. The maximum absolute atomic E-state index is 13.7. The lowest BCUT2D eigenvalue weighted by molar-refractivity contribution is -0.152. The van der Waals surface area contributed by atoms with Crippen LogP contribution in [0.25, 0.3) is 0 Å². The SMILES string of the molecule is COc1ccc(CNC(=O)N2CC3(C)CN(C(=O)NCc4ccc(OC)c(Cn5cc(C)c(C)n5)c4)CC(C)(C2)C3=O)cc1Cn1cc(C)c(C)n1. The number of hydrogen-bond donors (Lipinski definition) is 2. The van der Waals surface area contributed by atoms with Crippen LogP contribution in [0.1, 0.15) is 58.6 Å². The van der Waals surface area contributed by atoms with Crippen LogP contribution in [0.4, 0.5) is 9.59 Å². The summed E-state index contributed by atoms with van der Waals surface area (Å²) < 4.78 is 15.0. The van der Waals surface area contributed by atoms with E-state index in [9.17, 15) is 14.4 Å². The number of urea groups is 2. The van der Waals surface area contributed by atoms with Gasteiger partial charge < -0.3 is 29.9 Å². The van der Waals surface area contributed by atoms with Gasteiger partial charge in [0.2, 0.25) is 0 Å². The van der Waals surface area contributed by atoms with Gasteiger partial charge in [0.15, 0.2) is 5.78 Å². The summed E-state index contributed by atoms with van der Waals surface area (Å²) in [6.45, 7) is 14.3. The van der Waals surface area contributed by atoms with Crippen molar-refractivity contribution in [2.75, 3.05) is 40.4 Å². The first-order valence-electron chi connectivity index (χ1n) is 17.6. The van der Waals surface area contributed by atoms with Crippen LogP contribution in [-0.2, 0) is 31.0 Å². The summed E-state index contributed by atoms with van der Waals surface area (Å²) in [4.78, 5) is 44.3. The molecule has 4 amide bonds. The number of rotatable bonds is 10. The molecule has 2 aliphatic heterocycles. The van der Waals surface area contributed by atoms with Crippen molar-refractivity contribution < 1.29 is 23.9 Å². The number of carbonyl (C=O) groups is 3. The Hall–Kier alpha value is -5.33. The molecule has 2 bridgehead atoms. The van der Waals surface area contributed by atoms with E-state index in [1.54, 1.807) is 24.0 Å². The van der Waals surface area contributed by atoms with Gasteiger partial charge in [-0.15, -0.1) is 0 Å². The zero-order valence-electron chi connectivity index (χ0n) is 31.5. The van der Waals surface area contributed by atoms with Gasteiger partial charge in [-0.25, -0.2) is 9.59 Å². The molecular formula is C39H50N8O5. The lowest BCUT2D eigenvalue weighted by atomic mass is 9.64. The predicted molar refractivity (Wildman–Crippen MR) is 196 cm³/mol. The van der Waals surface area contributed by atoms with Crippen LogP contribution in [0, 0.1) is 38.5 Å². The van der Waals surface area contributed by atoms with Crippen molar-refractivity contribution in [2.24, 2.45) is 10.8 Å². The van der Waals surface area contributed by atoms with Crippen molar-refractivity contribution >= 4 is 17.8 Å². The summed E-state index contributed by atoms with van der Waals surface area (Å²) in [6.07, 6.45) is 4.01. The number of piperidine rings is 2. The van der Waals surface area contributed by atoms with Crippen LogP contribution in [-0.4, -0.2) is 87.6 Å². The Labute approximate surface area is 305 Å². The summed E-state index contributed by atoms with van der Waals surface area (Å²) >= 11 is 0. The fourth-order valence-electron chi connectivity index (χ4n) is 7.66. The standard InChI is InChI=1S/C39H50N8O5/c1-25-17-46(42-27(25)3)19-31-13-29(9-11-33(31)51-7)15-40-36(49)44-21-38(5)23-45(24-39(6,22-44)35(38)48)37(50)41-16-30-10-12-34(52-8)32(14-30)20-47-18-26(2)28(4)43-47/h9-14,17-18H,15-16,19-24H2,1-8H3,(H,40,49)(H,41,50). The number of nitrogens with one attached hydrogen (secondary N) is 2. The molecule has 13 nitrogen and oxygen atoms in total. The predicted octanol–water partition coefficient (Wildman–Crippen LogP) is 4.76. The molecule has 276 valence electrons. The van der Waals surface area contributed by atoms with Gasteiger partial charge in [0.25, 0.3) is 0 Å². The summed E-state index contributed by atoms with van der Waals surface area (Å²) in [5.41, 5.74) is 6.16. The Morgan fingerprint density at radius 1 is 0.692 bits per heavy atom. The first-order chi connectivity index (χ1) is 24.7. The molecule has 6 rings (SSSR count). The number of fused-ring (bicyclic) bond motifs is 2. The van der Waals surface area contributed by atoms with Crippen molar-refractivity contribution in [3.63, 3.8) is 0 Å². The van der Waals surface area contributed by atoms with E-state index in [-0.39, 0.29) is 44.0 Å². The monoisotopic (exact) mass is 710 g/mol. The quantitative estimate of drug-likeness (QED) is 0.242. The first kappa shape index (κ1) is 36.5. The van der Waals surface area contributed by atoms with E-state index in [4.69, 9.17) is 9.47 Å². The number of hydrogen-bond acceptors (Lipinski definition) is 7. The highest BCUT2D eigenvalue weighted by Gasteiger charge is 2.57. The zero-order valence-corrected chi connectivity index (χ0v) is 31.5. The van der Waals surface area contributed by atoms with Gasteiger partial charge in [-0.3, -0.25) is 14.2 Å². The lowest BCUT2D eigenvalue weighted by Gasteiger charge is -2.54. The van der Waals surface area contributed by atoms with E-state index in [0.29, 0.717) is 26.2 Å². The number of amides is 4. The third-order valence-corrected chi connectivity index (χ3v) is 10.5. The number of ketones is 1. The highest BCUT2D eigenvalue weighted by atomic mass is 16.5. The van der Waals surface area contributed by atoms with Crippen LogP contribution in [0.3, 0.4) is 0 Å². The molecule has 52 heavy (non-hydrogen) atoms. The maximum Gasteiger partial charge on any atom is 0.317 e. The molecule has 2 aromatic heterocycles. The van der Waals surface area contributed by atoms with E-state index >= 15 is 0 Å². The third kappa shape index (κ3) is 7.49. The van der Waals surface area contributed by atoms with Crippen LogP contribution >= 0.6 is 0 Å². The molecule has 2 aromatic carbocycles. The summed E-state index contributed by atoms with van der Waals surface area (Å²) in [7, 11) is 3.28. The lowest BCUT2D eigenvalue weighted by Crippen LogP contribution is -2.70. The smallest absolute Gasteiger partial charge is 0.317 e. The highest BCUT2D eigenvalue weighted by Crippen LogP contribution is 2.42. The molecule has 0 atom stereocenters. The van der Waals surface area contributed by atoms with Crippen LogP contribution < -0.4 is 20.1 Å². The summed E-state index contributed by atoms with van der Waals surface area (Å²) in [6, 6.07) is 11.2. The molecule has 0 spiro atoms. The molecule has 2 N–H and O–H groups in total. The van der Waals surface area contributed by atoms with Crippen molar-refractivity contribution in [1.29, 1.82) is 0 Å². The van der Waals surface area contributed by atoms with Crippen molar-refractivity contribution in [2.45, 2.75) is 67.7 Å². The number of nitrogens with zero attached hydrogens (tertiary/aromatic N) is 6.